The van der Waals surface area contributed by atoms with Crippen LogP contribution >= 0.6 is 23.6 Å². The highest BCUT2D eigenvalue weighted by Gasteiger charge is 2.26. The van der Waals surface area contributed by atoms with Crippen molar-refractivity contribution in [3.8, 4) is 0 Å². The summed E-state index contributed by atoms with van der Waals surface area (Å²) in [5.41, 5.74) is 8.15. The minimum Gasteiger partial charge on any atom is -0.388 e. The molecular formula is C12H13N5S2. The molecule has 0 spiro atoms. The first kappa shape index (κ1) is 12.4. The Kier molecular flexibility index (Phi) is 3.16. The van der Waals surface area contributed by atoms with Crippen LogP contribution in [0.2, 0.25) is 0 Å². The molecule has 0 amide bonds. The van der Waals surface area contributed by atoms with Gasteiger partial charge in [-0.15, -0.1) is 11.3 Å². The van der Waals surface area contributed by atoms with Crippen molar-refractivity contribution in [2.45, 2.75) is 25.7 Å². The van der Waals surface area contributed by atoms with Gasteiger partial charge in [0, 0.05) is 17.0 Å². The summed E-state index contributed by atoms with van der Waals surface area (Å²) < 4.78 is 0. The van der Waals surface area contributed by atoms with Crippen LogP contribution in [0.25, 0.3) is 0 Å². The Labute approximate surface area is 120 Å². The highest BCUT2D eigenvalue weighted by Crippen LogP contribution is 2.41. The molecule has 3 rings (SSSR count). The second kappa shape index (κ2) is 4.82. The number of nitrogens with zero attached hydrogens (tertiary/aromatic N) is 3. The van der Waals surface area contributed by atoms with E-state index in [1.54, 1.807) is 17.4 Å². The van der Waals surface area contributed by atoms with Crippen LogP contribution in [0.3, 0.4) is 0 Å². The summed E-state index contributed by atoms with van der Waals surface area (Å²) in [5.74, 6) is 1.14. The van der Waals surface area contributed by atoms with E-state index in [1.807, 2.05) is 6.92 Å². The molecule has 1 aliphatic rings. The van der Waals surface area contributed by atoms with Gasteiger partial charge in [-0.05, 0) is 25.8 Å². The number of aromatic nitrogens is 3. The first-order valence-electron chi connectivity index (χ1n) is 6.00. The molecule has 0 aromatic carbocycles. The quantitative estimate of drug-likeness (QED) is 0.843. The predicted octanol–water partition coefficient (Wildman–Crippen LogP) is 2.50. The van der Waals surface area contributed by atoms with Gasteiger partial charge in [0.2, 0.25) is 5.95 Å². The Morgan fingerprint density at radius 1 is 1.42 bits per heavy atom. The molecule has 0 radical (unpaired) electrons. The van der Waals surface area contributed by atoms with Crippen LogP contribution in [0.4, 0.5) is 11.1 Å². The molecule has 2 aromatic rings. The lowest BCUT2D eigenvalue weighted by molar-refractivity contribution is 1.04. The number of hydrogen-bond donors (Lipinski definition) is 2. The van der Waals surface area contributed by atoms with Crippen LogP contribution in [-0.4, -0.2) is 19.9 Å². The largest absolute Gasteiger partial charge is 0.388 e. The highest BCUT2D eigenvalue weighted by atomic mass is 32.1. The van der Waals surface area contributed by atoms with Crippen molar-refractivity contribution in [2.75, 3.05) is 5.32 Å². The fraction of sp³-hybridized carbons (Fsp3) is 0.333. The predicted molar refractivity (Wildman–Crippen MR) is 80.0 cm³/mol. The van der Waals surface area contributed by atoms with E-state index in [1.165, 1.54) is 12.8 Å². The standard InChI is InChI=1S/C12H13N5S2/c1-6-4-8(10(13)18)15-11(14-6)17-12-16-9(5-19-12)7-2-3-7/h4-5,7H,2-3H2,1H3,(H2,13,18)(H,14,15,16,17). The Morgan fingerprint density at radius 3 is 2.89 bits per heavy atom. The van der Waals surface area contributed by atoms with Gasteiger partial charge < -0.3 is 11.1 Å². The van der Waals surface area contributed by atoms with E-state index >= 15 is 0 Å². The zero-order valence-electron chi connectivity index (χ0n) is 10.4. The normalized spacial score (nSPS) is 14.4. The molecule has 5 nitrogen and oxygen atoms in total. The summed E-state index contributed by atoms with van der Waals surface area (Å²) in [4.78, 5) is 13.4. The Hall–Kier alpha value is -1.60. The van der Waals surface area contributed by atoms with Crippen LogP contribution < -0.4 is 11.1 Å². The smallest absolute Gasteiger partial charge is 0.229 e. The second-order valence-corrected chi connectivity index (χ2v) is 5.86. The number of nitrogens with two attached hydrogens (primary N) is 1. The minimum absolute atomic E-state index is 0.270. The van der Waals surface area contributed by atoms with Gasteiger partial charge in [-0.2, -0.15) is 0 Å². The number of rotatable bonds is 4. The molecule has 0 unspecified atom stereocenters. The number of thiazole rings is 1. The maximum absolute atomic E-state index is 5.60. The van der Waals surface area contributed by atoms with Crippen LogP contribution in [0.5, 0.6) is 0 Å². The van der Waals surface area contributed by atoms with Gasteiger partial charge in [0.15, 0.2) is 5.13 Å². The van der Waals surface area contributed by atoms with Crippen LogP contribution in [-0.2, 0) is 0 Å². The molecule has 2 heterocycles. The lowest BCUT2D eigenvalue weighted by Gasteiger charge is -2.04. The number of aryl methyl sites for hydroxylation is 1. The molecule has 7 heteroatoms. The topological polar surface area (TPSA) is 76.7 Å². The number of nitrogens with one attached hydrogen (secondary N) is 1. The van der Waals surface area contributed by atoms with E-state index in [2.05, 4.69) is 25.6 Å². The summed E-state index contributed by atoms with van der Waals surface area (Å²) in [6.07, 6.45) is 2.49. The molecule has 0 bridgehead atoms. The van der Waals surface area contributed by atoms with Crippen LogP contribution in [0.1, 0.15) is 35.8 Å². The third kappa shape index (κ3) is 2.87. The van der Waals surface area contributed by atoms with Gasteiger partial charge in [-0.25, -0.2) is 15.0 Å². The van der Waals surface area contributed by atoms with E-state index in [4.69, 9.17) is 18.0 Å². The second-order valence-electron chi connectivity index (χ2n) is 4.56. The number of anilines is 2. The highest BCUT2D eigenvalue weighted by molar-refractivity contribution is 7.80. The Morgan fingerprint density at radius 2 is 2.21 bits per heavy atom. The molecule has 19 heavy (non-hydrogen) atoms. The van der Waals surface area contributed by atoms with Gasteiger partial charge >= 0.3 is 0 Å². The van der Waals surface area contributed by atoms with E-state index in [0.717, 1.165) is 16.5 Å². The average molecular weight is 291 g/mol. The van der Waals surface area contributed by atoms with Gasteiger partial charge in [-0.3, -0.25) is 0 Å². The third-order valence-electron chi connectivity index (χ3n) is 2.84. The fourth-order valence-corrected chi connectivity index (χ4v) is 2.65. The summed E-state index contributed by atoms with van der Waals surface area (Å²) >= 11 is 6.51. The van der Waals surface area contributed by atoms with Crippen LogP contribution in [0.15, 0.2) is 11.4 Å². The number of hydrogen-bond acceptors (Lipinski definition) is 6. The molecule has 3 N–H and O–H groups in total. The fourth-order valence-electron chi connectivity index (χ4n) is 1.76. The minimum atomic E-state index is 0.270. The molecule has 1 saturated carbocycles. The van der Waals surface area contributed by atoms with Crippen molar-refractivity contribution in [3.63, 3.8) is 0 Å². The SMILES string of the molecule is Cc1cc(C(N)=S)nc(Nc2nc(C3CC3)cs2)n1. The lowest BCUT2D eigenvalue weighted by Crippen LogP contribution is -2.13. The van der Waals surface area contributed by atoms with E-state index in [9.17, 15) is 0 Å². The molecular weight excluding hydrogens is 278 g/mol. The van der Waals surface area contributed by atoms with Crippen molar-refractivity contribution < 1.29 is 0 Å². The van der Waals surface area contributed by atoms with E-state index in [0.29, 0.717) is 17.6 Å². The maximum atomic E-state index is 5.60. The molecule has 0 atom stereocenters. The zero-order chi connectivity index (χ0) is 13.4. The summed E-state index contributed by atoms with van der Waals surface area (Å²) in [7, 11) is 0. The zero-order valence-corrected chi connectivity index (χ0v) is 12.0. The molecule has 0 aliphatic heterocycles. The first-order valence-corrected chi connectivity index (χ1v) is 7.28. The molecule has 0 saturated heterocycles. The maximum Gasteiger partial charge on any atom is 0.229 e. The van der Waals surface area contributed by atoms with Crippen molar-refractivity contribution in [1.82, 2.24) is 15.0 Å². The van der Waals surface area contributed by atoms with Gasteiger partial charge in [0.05, 0.1) is 5.69 Å². The lowest BCUT2D eigenvalue weighted by atomic mass is 10.3. The molecule has 98 valence electrons. The van der Waals surface area contributed by atoms with Crippen molar-refractivity contribution in [2.24, 2.45) is 5.73 Å². The van der Waals surface area contributed by atoms with E-state index < -0.39 is 0 Å². The average Bonchev–Trinajstić information content (AvgIpc) is 3.10. The van der Waals surface area contributed by atoms with Crippen LogP contribution in [0, 0.1) is 6.92 Å². The van der Waals surface area contributed by atoms with Crippen molar-refractivity contribution >= 4 is 39.6 Å². The van der Waals surface area contributed by atoms with E-state index in [-0.39, 0.29) is 4.99 Å². The van der Waals surface area contributed by atoms with Gasteiger partial charge in [0.25, 0.3) is 0 Å². The van der Waals surface area contributed by atoms with Crippen molar-refractivity contribution in [1.29, 1.82) is 0 Å². The third-order valence-corrected chi connectivity index (χ3v) is 3.83. The monoisotopic (exact) mass is 291 g/mol. The Bertz CT molecular complexity index is 633. The molecule has 1 aliphatic carbocycles. The first-order chi connectivity index (χ1) is 9.11. The van der Waals surface area contributed by atoms with Gasteiger partial charge in [0.1, 0.15) is 10.7 Å². The Balaban J connectivity index is 1.83. The molecule has 1 fully saturated rings. The van der Waals surface area contributed by atoms with Gasteiger partial charge in [-0.1, -0.05) is 12.2 Å². The molecule has 2 aromatic heterocycles. The van der Waals surface area contributed by atoms with Crippen molar-refractivity contribution in [3.05, 3.63) is 28.5 Å². The number of thiocarbonyl (C=S) groups is 1. The summed E-state index contributed by atoms with van der Waals surface area (Å²) in [6, 6.07) is 1.77. The summed E-state index contributed by atoms with van der Waals surface area (Å²) in [5, 5.41) is 6.01. The summed E-state index contributed by atoms with van der Waals surface area (Å²) in [6.45, 7) is 1.88.